The molecule has 1 amide bonds. The van der Waals surface area contributed by atoms with Gasteiger partial charge in [0.25, 0.3) is 5.91 Å². The van der Waals surface area contributed by atoms with Gasteiger partial charge in [-0.1, -0.05) is 0 Å². The Morgan fingerprint density at radius 2 is 2.25 bits per heavy atom. The second-order valence-corrected chi connectivity index (χ2v) is 5.38. The number of likely N-dealkylation sites (N-methyl/N-ethyl adjacent to an activating group) is 1. The summed E-state index contributed by atoms with van der Waals surface area (Å²) in [6.45, 7) is 6.99. The molecule has 0 saturated carbocycles. The van der Waals surface area contributed by atoms with Crippen LogP contribution in [0.2, 0.25) is 0 Å². The highest BCUT2D eigenvalue weighted by Crippen LogP contribution is 2.15. The molecule has 1 aromatic heterocycles. The van der Waals surface area contributed by atoms with Crippen molar-refractivity contribution in [1.82, 2.24) is 19.6 Å². The van der Waals surface area contributed by atoms with E-state index in [1.165, 1.54) is 0 Å². The molecule has 6 nitrogen and oxygen atoms in total. The summed E-state index contributed by atoms with van der Waals surface area (Å²) in [5.74, 6) is 0.0449. The molecule has 112 valence electrons. The van der Waals surface area contributed by atoms with Crippen molar-refractivity contribution in [3.63, 3.8) is 0 Å². The lowest BCUT2D eigenvalue weighted by Gasteiger charge is -2.39. The lowest BCUT2D eigenvalue weighted by molar-refractivity contribution is 0.0490. The van der Waals surface area contributed by atoms with Crippen LogP contribution >= 0.6 is 0 Å². The molecule has 20 heavy (non-hydrogen) atoms. The lowest BCUT2D eigenvalue weighted by Crippen LogP contribution is -2.53. The molecule has 1 aromatic rings. The Balaban J connectivity index is 2.12. The Labute approximate surface area is 120 Å². The van der Waals surface area contributed by atoms with Gasteiger partial charge < -0.3 is 10.0 Å². The Kier molecular flexibility index (Phi) is 4.77. The number of carbonyl (C=O) groups excluding carboxylic acids is 1. The summed E-state index contributed by atoms with van der Waals surface area (Å²) in [7, 11) is 2.04. The van der Waals surface area contributed by atoms with Gasteiger partial charge in [-0.05, 0) is 33.4 Å². The molecule has 1 aliphatic heterocycles. The number of hydrogen-bond donors (Lipinski definition) is 1. The SMILES string of the molecule is CCn1nc(C)cc1C(=O)N1CCN(C)[C@H](CCO)C1. The zero-order valence-electron chi connectivity index (χ0n) is 12.5. The average molecular weight is 280 g/mol. The molecule has 2 rings (SSSR count). The van der Waals surface area contributed by atoms with Crippen LogP contribution in [0.5, 0.6) is 0 Å². The topological polar surface area (TPSA) is 61.6 Å². The van der Waals surface area contributed by atoms with E-state index in [9.17, 15) is 4.79 Å². The quantitative estimate of drug-likeness (QED) is 0.864. The van der Waals surface area contributed by atoms with Crippen LogP contribution in [0.15, 0.2) is 6.07 Å². The molecule has 1 atom stereocenters. The van der Waals surface area contributed by atoms with E-state index in [4.69, 9.17) is 5.11 Å². The highest BCUT2D eigenvalue weighted by Gasteiger charge is 2.29. The van der Waals surface area contributed by atoms with Crippen molar-refractivity contribution in [2.24, 2.45) is 0 Å². The molecule has 1 N–H and O–H groups in total. The van der Waals surface area contributed by atoms with Crippen molar-refractivity contribution in [1.29, 1.82) is 0 Å². The molecule has 0 aliphatic carbocycles. The first-order valence-corrected chi connectivity index (χ1v) is 7.21. The van der Waals surface area contributed by atoms with Crippen LogP contribution in [-0.2, 0) is 6.54 Å². The van der Waals surface area contributed by atoms with Gasteiger partial charge in [-0.15, -0.1) is 0 Å². The van der Waals surface area contributed by atoms with Crippen LogP contribution in [-0.4, -0.2) is 69.9 Å². The minimum atomic E-state index is 0.0449. The minimum Gasteiger partial charge on any atom is -0.396 e. The summed E-state index contributed by atoms with van der Waals surface area (Å²) in [6, 6.07) is 2.09. The third kappa shape index (κ3) is 3.02. The van der Waals surface area contributed by atoms with E-state index in [-0.39, 0.29) is 18.6 Å². The van der Waals surface area contributed by atoms with E-state index in [0.29, 0.717) is 25.2 Å². The number of hydrogen-bond acceptors (Lipinski definition) is 4. The van der Waals surface area contributed by atoms with Crippen molar-refractivity contribution >= 4 is 5.91 Å². The zero-order chi connectivity index (χ0) is 14.7. The minimum absolute atomic E-state index is 0.0449. The number of carbonyl (C=O) groups is 1. The van der Waals surface area contributed by atoms with Crippen LogP contribution < -0.4 is 0 Å². The van der Waals surface area contributed by atoms with Crippen molar-refractivity contribution in [2.45, 2.75) is 32.9 Å². The second-order valence-electron chi connectivity index (χ2n) is 5.38. The molecule has 0 spiro atoms. The van der Waals surface area contributed by atoms with E-state index in [1.807, 2.05) is 31.9 Å². The van der Waals surface area contributed by atoms with Gasteiger partial charge in [0, 0.05) is 38.8 Å². The number of nitrogens with zero attached hydrogens (tertiary/aromatic N) is 4. The molecular weight excluding hydrogens is 256 g/mol. The smallest absolute Gasteiger partial charge is 0.272 e. The third-order valence-corrected chi connectivity index (χ3v) is 3.95. The van der Waals surface area contributed by atoms with Gasteiger partial charge in [0.1, 0.15) is 5.69 Å². The van der Waals surface area contributed by atoms with Gasteiger partial charge in [0.2, 0.25) is 0 Å². The fourth-order valence-electron chi connectivity index (χ4n) is 2.71. The maximum absolute atomic E-state index is 12.6. The van der Waals surface area contributed by atoms with Gasteiger partial charge in [-0.2, -0.15) is 5.10 Å². The molecule has 1 fully saturated rings. The Morgan fingerprint density at radius 1 is 1.50 bits per heavy atom. The predicted octanol–water partition coefficient (Wildman–Crippen LogP) is 0.350. The summed E-state index contributed by atoms with van der Waals surface area (Å²) >= 11 is 0. The Morgan fingerprint density at radius 3 is 2.90 bits per heavy atom. The Bertz CT molecular complexity index is 472. The van der Waals surface area contributed by atoms with Crippen molar-refractivity contribution in [3.05, 3.63) is 17.5 Å². The van der Waals surface area contributed by atoms with Gasteiger partial charge in [0.15, 0.2) is 0 Å². The van der Waals surface area contributed by atoms with E-state index in [2.05, 4.69) is 10.00 Å². The van der Waals surface area contributed by atoms with E-state index in [1.54, 1.807) is 4.68 Å². The Hall–Kier alpha value is -1.40. The molecule has 2 heterocycles. The summed E-state index contributed by atoms with van der Waals surface area (Å²) in [4.78, 5) is 16.7. The van der Waals surface area contributed by atoms with Crippen molar-refractivity contribution in [2.75, 3.05) is 33.3 Å². The van der Waals surface area contributed by atoms with Gasteiger partial charge >= 0.3 is 0 Å². The highest BCUT2D eigenvalue weighted by atomic mass is 16.3. The normalized spacial score (nSPS) is 20.4. The molecule has 0 bridgehead atoms. The summed E-state index contributed by atoms with van der Waals surface area (Å²) in [5.41, 5.74) is 1.54. The maximum atomic E-state index is 12.6. The number of aliphatic hydroxyl groups is 1. The van der Waals surface area contributed by atoms with Gasteiger partial charge in [-0.3, -0.25) is 14.4 Å². The van der Waals surface area contributed by atoms with Crippen LogP contribution in [0, 0.1) is 6.92 Å². The first kappa shape index (κ1) is 15.0. The van der Waals surface area contributed by atoms with E-state index < -0.39 is 0 Å². The number of rotatable bonds is 4. The summed E-state index contributed by atoms with van der Waals surface area (Å²) < 4.78 is 1.76. The van der Waals surface area contributed by atoms with E-state index in [0.717, 1.165) is 18.8 Å². The summed E-state index contributed by atoms with van der Waals surface area (Å²) in [6.07, 6.45) is 0.701. The van der Waals surface area contributed by atoms with Crippen molar-refractivity contribution < 1.29 is 9.90 Å². The van der Waals surface area contributed by atoms with Crippen LogP contribution in [0.3, 0.4) is 0 Å². The molecule has 1 aliphatic rings. The maximum Gasteiger partial charge on any atom is 0.272 e. The number of piperazine rings is 1. The fraction of sp³-hybridized carbons (Fsp3) is 0.714. The predicted molar refractivity (Wildman–Crippen MR) is 76.7 cm³/mol. The third-order valence-electron chi connectivity index (χ3n) is 3.95. The fourth-order valence-corrected chi connectivity index (χ4v) is 2.71. The molecule has 6 heteroatoms. The van der Waals surface area contributed by atoms with Crippen LogP contribution in [0.1, 0.15) is 29.5 Å². The first-order valence-electron chi connectivity index (χ1n) is 7.21. The molecule has 0 aromatic carbocycles. The number of aromatic nitrogens is 2. The monoisotopic (exact) mass is 280 g/mol. The highest BCUT2D eigenvalue weighted by molar-refractivity contribution is 5.92. The van der Waals surface area contributed by atoms with E-state index >= 15 is 0 Å². The average Bonchev–Trinajstić information content (AvgIpc) is 2.82. The standard InChI is InChI=1S/C14H24N4O2/c1-4-18-13(9-11(2)15-18)14(20)17-7-6-16(3)12(10-17)5-8-19/h9,12,19H,4-8,10H2,1-3H3/t12-/m1/s1. The molecule has 0 unspecified atom stereocenters. The first-order chi connectivity index (χ1) is 9.56. The molecule has 1 saturated heterocycles. The molecule has 0 radical (unpaired) electrons. The largest absolute Gasteiger partial charge is 0.396 e. The number of aliphatic hydroxyl groups excluding tert-OH is 1. The second kappa shape index (κ2) is 6.37. The summed E-state index contributed by atoms with van der Waals surface area (Å²) in [5, 5.41) is 13.5. The van der Waals surface area contributed by atoms with Crippen LogP contribution in [0.4, 0.5) is 0 Å². The number of amides is 1. The van der Waals surface area contributed by atoms with Gasteiger partial charge in [-0.25, -0.2) is 0 Å². The zero-order valence-corrected chi connectivity index (χ0v) is 12.5. The van der Waals surface area contributed by atoms with Crippen LogP contribution in [0.25, 0.3) is 0 Å². The van der Waals surface area contributed by atoms with Crippen molar-refractivity contribution in [3.8, 4) is 0 Å². The van der Waals surface area contributed by atoms with Gasteiger partial charge in [0.05, 0.1) is 5.69 Å². The number of aryl methyl sites for hydroxylation is 2. The molecular formula is C14H24N4O2. The lowest BCUT2D eigenvalue weighted by atomic mass is 10.1.